The molecule has 0 spiro atoms. The first kappa shape index (κ1) is 23.0. The molecular weight excluding hydrogens is 438 g/mol. The first-order valence-corrected chi connectivity index (χ1v) is 12.0. The molecule has 1 aromatic carbocycles. The molecule has 0 unspecified atom stereocenters. The average molecular weight is 470 g/mol. The van der Waals surface area contributed by atoms with E-state index in [1.807, 2.05) is 36.1 Å². The SMILES string of the molecule is Cc1c(-c2ccc3cnc(NC(=O)c4ccnc(N5CCC(N(C)C)CC5)c4)cc3c2)cnn1C. The fraction of sp³-hybridized carbons (Fsp3) is 0.333. The van der Waals surface area contributed by atoms with Crippen LogP contribution < -0.4 is 10.2 Å². The highest BCUT2D eigenvalue weighted by atomic mass is 16.1. The Labute approximate surface area is 205 Å². The summed E-state index contributed by atoms with van der Waals surface area (Å²) in [5.74, 6) is 1.17. The van der Waals surface area contributed by atoms with Gasteiger partial charge in [0.2, 0.25) is 0 Å². The molecule has 4 heterocycles. The standard InChI is InChI=1S/C27H31N7O/c1-18-24(17-30-33(18)4)19-5-6-21-16-29-25(14-22(21)13-19)31-27(35)20-7-10-28-26(15-20)34-11-8-23(9-12-34)32(2)3/h5-7,10,13-17,23H,8-9,11-12H2,1-4H3,(H,29,31,35). The van der Waals surface area contributed by atoms with Crippen molar-refractivity contribution >= 4 is 28.3 Å². The number of anilines is 2. The molecule has 1 aliphatic heterocycles. The Balaban J connectivity index is 1.33. The minimum absolute atomic E-state index is 0.192. The van der Waals surface area contributed by atoms with Gasteiger partial charge in [0.05, 0.1) is 6.20 Å². The lowest BCUT2D eigenvalue weighted by Gasteiger charge is -2.35. The Hall–Kier alpha value is -3.78. The van der Waals surface area contributed by atoms with Gasteiger partial charge in [-0.25, -0.2) is 9.97 Å². The van der Waals surface area contributed by atoms with Crippen LogP contribution in [-0.2, 0) is 7.05 Å². The molecule has 180 valence electrons. The third-order valence-electron chi connectivity index (χ3n) is 7.04. The number of carbonyl (C=O) groups is 1. The third kappa shape index (κ3) is 4.74. The second-order valence-corrected chi connectivity index (χ2v) is 9.44. The predicted molar refractivity (Wildman–Crippen MR) is 140 cm³/mol. The molecule has 5 rings (SSSR count). The topological polar surface area (TPSA) is 79.2 Å². The van der Waals surface area contributed by atoms with Crippen LogP contribution in [0.25, 0.3) is 21.9 Å². The van der Waals surface area contributed by atoms with E-state index < -0.39 is 0 Å². The van der Waals surface area contributed by atoms with Crippen LogP contribution in [0.5, 0.6) is 0 Å². The third-order valence-corrected chi connectivity index (χ3v) is 7.04. The highest BCUT2D eigenvalue weighted by Gasteiger charge is 2.22. The molecule has 0 atom stereocenters. The quantitative estimate of drug-likeness (QED) is 0.474. The van der Waals surface area contributed by atoms with Gasteiger partial charge in [-0.1, -0.05) is 12.1 Å². The van der Waals surface area contributed by atoms with Crippen LogP contribution in [0.3, 0.4) is 0 Å². The van der Waals surface area contributed by atoms with Crippen LogP contribution in [0.2, 0.25) is 0 Å². The number of amides is 1. The maximum Gasteiger partial charge on any atom is 0.257 e. The number of benzene rings is 1. The summed E-state index contributed by atoms with van der Waals surface area (Å²) >= 11 is 0. The minimum Gasteiger partial charge on any atom is -0.356 e. The largest absolute Gasteiger partial charge is 0.356 e. The zero-order valence-corrected chi connectivity index (χ0v) is 20.7. The molecule has 3 aromatic heterocycles. The Morgan fingerprint density at radius 1 is 1.03 bits per heavy atom. The number of aromatic nitrogens is 4. The number of fused-ring (bicyclic) bond motifs is 1. The van der Waals surface area contributed by atoms with Gasteiger partial charge in [-0.05, 0) is 69.1 Å². The van der Waals surface area contributed by atoms with Crippen molar-refractivity contribution in [3.63, 3.8) is 0 Å². The number of pyridine rings is 2. The molecule has 4 aromatic rings. The van der Waals surface area contributed by atoms with Crippen LogP contribution in [0.15, 0.2) is 55.0 Å². The van der Waals surface area contributed by atoms with Crippen molar-refractivity contribution in [3.05, 3.63) is 66.2 Å². The Kier molecular flexibility index (Phi) is 6.21. The van der Waals surface area contributed by atoms with Crippen molar-refractivity contribution in [1.82, 2.24) is 24.6 Å². The molecule has 0 aliphatic carbocycles. The summed E-state index contributed by atoms with van der Waals surface area (Å²) < 4.78 is 1.87. The maximum absolute atomic E-state index is 13.0. The predicted octanol–water partition coefficient (Wildman–Crippen LogP) is 4.12. The lowest BCUT2D eigenvalue weighted by atomic mass is 10.0. The molecule has 1 aliphatic rings. The van der Waals surface area contributed by atoms with E-state index in [1.54, 1.807) is 18.5 Å². The highest BCUT2D eigenvalue weighted by molar-refractivity contribution is 6.05. The lowest BCUT2D eigenvalue weighted by Crippen LogP contribution is -2.42. The van der Waals surface area contributed by atoms with E-state index in [1.165, 1.54) is 0 Å². The fourth-order valence-electron chi connectivity index (χ4n) is 4.69. The zero-order chi connectivity index (χ0) is 24.5. The van der Waals surface area contributed by atoms with Crippen molar-refractivity contribution in [3.8, 4) is 11.1 Å². The van der Waals surface area contributed by atoms with Crippen LogP contribution in [-0.4, -0.2) is 63.8 Å². The first-order valence-electron chi connectivity index (χ1n) is 12.0. The summed E-state index contributed by atoms with van der Waals surface area (Å²) in [4.78, 5) is 26.6. The van der Waals surface area contributed by atoms with Crippen LogP contribution in [0, 0.1) is 6.92 Å². The van der Waals surface area contributed by atoms with E-state index in [0.717, 1.165) is 59.3 Å². The molecule has 0 bridgehead atoms. The average Bonchev–Trinajstić information content (AvgIpc) is 3.21. The lowest BCUT2D eigenvalue weighted by molar-refractivity contribution is 0.102. The Bertz CT molecular complexity index is 1370. The monoisotopic (exact) mass is 469 g/mol. The molecule has 0 radical (unpaired) electrons. The Morgan fingerprint density at radius 2 is 1.83 bits per heavy atom. The molecule has 1 N–H and O–H groups in total. The summed E-state index contributed by atoms with van der Waals surface area (Å²) in [5, 5.41) is 9.33. The van der Waals surface area contributed by atoms with E-state index in [9.17, 15) is 4.79 Å². The van der Waals surface area contributed by atoms with Gasteiger partial charge in [0.15, 0.2) is 0 Å². The summed E-state index contributed by atoms with van der Waals surface area (Å²) in [5.41, 5.74) is 3.86. The number of hydrogen-bond donors (Lipinski definition) is 1. The van der Waals surface area contributed by atoms with Gasteiger partial charge in [-0.15, -0.1) is 0 Å². The van der Waals surface area contributed by atoms with E-state index in [2.05, 4.69) is 63.3 Å². The number of rotatable bonds is 5. The number of aryl methyl sites for hydroxylation is 1. The van der Waals surface area contributed by atoms with Crippen molar-refractivity contribution in [2.75, 3.05) is 37.4 Å². The van der Waals surface area contributed by atoms with Crippen LogP contribution >= 0.6 is 0 Å². The van der Waals surface area contributed by atoms with Gasteiger partial charge in [0, 0.05) is 60.8 Å². The molecule has 1 fully saturated rings. The van der Waals surface area contributed by atoms with E-state index in [0.29, 0.717) is 17.4 Å². The maximum atomic E-state index is 13.0. The van der Waals surface area contributed by atoms with Gasteiger partial charge in [0.25, 0.3) is 5.91 Å². The smallest absolute Gasteiger partial charge is 0.257 e. The number of piperidine rings is 1. The molecule has 1 saturated heterocycles. The minimum atomic E-state index is -0.192. The summed E-state index contributed by atoms with van der Waals surface area (Å²) in [6.07, 6.45) is 7.56. The van der Waals surface area contributed by atoms with Gasteiger partial charge in [0.1, 0.15) is 11.6 Å². The summed E-state index contributed by atoms with van der Waals surface area (Å²) in [6.45, 7) is 3.93. The highest BCUT2D eigenvalue weighted by Crippen LogP contribution is 2.28. The number of carbonyl (C=O) groups excluding carboxylic acids is 1. The van der Waals surface area contributed by atoms with Crippen LogP contribution in [0.4, 0.5) is 11.6 Å². The van der Waals surface area contributed by atoms with Gasteiger partial charge in [-0.3, -0.25) is 9.48 Å². The van der Waals surface area contributed by atoms with Crippen molar-refractivity contribution in [1.29, 1.82) is 0 Å². The van der Waals surface area contributed by atoms with E-state index >= 15 is 0 Å². The first-order chi connectivity index (χ1) is 16.9. The molecule has 35 heavy (non-hydrogen) atoms. The van der Waals surface area contributed by atoms with E-state index in [4.69, 9.17) is 0 Å². The second-order valence-electron chi connectivity index (χ2n) is 9.44. The number of hydrogen-bond acceptors (Lipinski definition) is 6. The second kappa shape index (κ2) is 9.46. The summed E-state index contributed by atoms with van der Waals surface area (Å²) in [6, 6.07) is 12.4. The molecule has 8 heteroatoms. The normalized spacial score (nSPS) is 14.6. The molecule has 1 amide bonds. The number of nitrogens with one attached hydrogen (secondary N) is 1. The molecular formula is C27H31N7O. The fourth-order valence-corrected chi connectivity index (χ4v) is 4.69. The van der Waals surface area contributed by atoms with E-state index in [-0.39, 0.29) is 5.91 Å². The van der Waals surface area contributed by atoms with Crippen molar-refractivity contribution in [2.24, 2.45) is 7.05 Å². The van der Waals surface area contributed by atoms with Crippen molar-refractivity contribution in [2.45, 2.75) is 25.8 Å². The van der Waals surface area contributed by atoms with Crippen molar-refractivity contribution < 1.29 is 4.79 Å². The van der Waals surface area contributed by atoms with Gasteiger partial charge in [-0.2, -0.15) is 5.10 Å². The summed E-state index contributed by atoms with van der Waals surface area (Å²) in [7, 11) is 6.20. The van der Waals surface area contributed by atoms with Gasteiger partial charge >= 0.3 is 0 Å². The Morgan fingerprint density at radius 3 is 2.54 bits per heavy atom. The van der Waals surface area contributed by atoms with Crippen LogP contribution in [0.1, 0.15) is 28.9 Å². The zero-order valence-electron chi connectivity index (χ0n) is 20.7. The number of nitrogens with zero attached hydrogens (tertiary/aromatic N) is 6. The molecule has 0 saturated carbocycles. The van der Waals surface area contributed by atoms with Gasteiger partial charge < -0.3 is 15.1 Å². The molecule has 8 nitrogen and oxygen atoms in total.